The van der Waals surface area contributed by atoms with Crippen molar-refractivity contribution in [1.29, 1.82) is 0 Å². The Balaban J connectivity index is 1.56. The molecule has 2 aromatic rings. The van der Waals surface area contributed by atoms with Crippen LogP contribution in [0.2, 0.25) is 0 Å². The number of hydrogen-bond acceptors (Lipinski definition) is 4. The van der Waals surface area contributed by atoms with Gasteiger partial charge in [0.1, 0.15) is 0 Å². The first kappa shape index (κ1) is 17.3. The first-order chi connectivity index (χ1) is 12.1. The van der Waals surface area contributed by atoms with Gasteiger partial charge in [0.25, 0.3) is 5.91 Å². The summed E-state index contributed by atoms with van der Waals surface area (Å²) in [5, 5.41) is 3.00. The molecule has 0 radical (unpaired) electrons. The molecule has 1 N–H and O–H groups in total. The van der Waals surface area contributed by atoms with Gasteiger partial charge in [0.05, 0.1) is 12.7 Å². The van der Waals surface area contributed by atoms with E-state index in [-0.39, 0.29) is 12.0 Å². The SMILES string of the molecule is CN(C)c1cccc(C(=O)NCC2CN(c3ccccc3)CCO2)c1. The molecule has 1 unspecified atom stereocenters. The van der Waals surface area contributed by atoms with Crippen LogP contribution in [0.5, 0.6) is 0 Å². The van der Waals surface area contributed by atoms with Crippen molar-refractivity contribution in [3.05, 3.63) is 60.2 Å². The lowest BCUT2D eigenvalue weighted by molar-refractivity contribution is 0.0397. The van der Waals surface area contributed by atoms with E-state index in [0.29, 0.717) is 18.7 Å². The molecule has 5 heteroatoms. The van der Waals surface area contributed by atoms with E-state index in [1.807, 2.05) is 61.5 Å². The molecule has 132 valence electrons. The van der Waals surface area contributed by atoms with Crippen LogP contribution in [-0.2, 0) is 4.74 Å². The van der Waals surface area contributed by atoms with E-state index in [0.717, 1.165) is 18.8 Å². The number of hydrogen-bond donors (Lipinski definition) is 1. The van der Waals surface area contributed by atoms with Crippen molar-refractivity contribution in [3.8, 4) is 0 Å². The standard InChI is InChI=1S/C20H25N3O2/c1-22(2)18-10-6-7-16(13-18)20(24)21-14-19-15-23(11-12-25-19)17-8-4-3-5-9-17/h3-10,13,19H,11-12,14-15H2,1-2H3,(H,21,24). The van der Waals surface area contributed by atoms with E-state index in [9.17, 15) is 4.79 Å². The number of para-hydroxylation sites is 1. The zero-order chi connectivity index (χ0) is 17.6. The third kappa shape index (κ3) is 4.51. The monoisotopic (exact) mass is 339 g/mol. The van der Waals surface area contributed by atoms with Gasteiger partial charge < -0.3 is 19.9 Å². The van der Waals surface area contributed by atoms with Gasteiger partial charge in [-0.25, -0.2) is 0 Å². The Morgan fingerprint density at radius 1 is 1.20 bits per heavy atom. The van der Waals surface area contributed by atoms with Crippen molar-refractivity contribution in [3.63, 3.8) is 0 Å². The maximum atomic E-state index is 12.4. The number of nitrogens with one attached hydrogen (secondary N) is 1. The maximum Gasteiger partial charge on any atom is 0.251 e. The van der Waals surface area contributed by atoms with E-state index in [1.165, 1.54) is 5.69 Å². The van der Waals surface area contributed by atoms with Crippen LogP contribution in [-0.4, -0.2) is 52.3 Å². The summed E-state index contributed by atoms with van der Waals surface area (Å²) in [5.41, 5.74) is 2.87. The Labute approximate surface area is 149 Å². The molecule has 0 aliphatic carbocycles. The van der Waals surface area contributed by atoms with Crippen molar-refractivity contribution in [2.45, 2.75) is 6.10 Å². The molecule has 1 amide bonds. The molecular formula is C20H25N3O2. The number of benzene rings is 2. The second kappa shape index (κ2) is 8.03. The van der Waals surface area contributed by atoms with Gasteiger partial charge in [0, 0.05) is 50.7 Å². The number of anilines is 2. The highest BCUT2D eigenvalue weighted by Crippen LogP contribution is 2.17. The quantitative estimate of drug-likeness (QED) is 0.908. The van der Waals surface area contributed by atoms with Crippen LogP contribution in [0, 0.1) is 0 Å². The zero-order valence-corrected chi connectivity index (χ0v) is 14.8. The van der Waals surface area contributed by atoms with Crippen molar-refractivity contribution in [2.75, 3.05) is 50.1 Å². The molecule has 3 rings (SSSR count). The molecule has 0 saturated carbocycles. The van der Waals surface area contributed by atoms with E-state index < -0.39 is 0 Å². The minimum atomic E-state index is -0.0656. The molecule has 0 bridgehead atoms. The highest BCUT2D eigenvalue weighted by atomic mass is 16.5. The van der Waals surface area contributed by atoms with Crippen LogP contribution in [0.3, 0.4) is 0 Å². The van der Waals surface area contributed by atoms with Gasteiger partial charge in [0.2, 0.25) is 0 Å². The first-order valence-corrected chi connectivity index (χ1v) is 8.60. The molecule has 5 nitrogen and oxygen atoms in total. The molecule has 1 atom stereocenters. The van der Waals surface area contributed by atoms with Crippen LogP contribution < -0.4 is 15.1 Å². The third-order valence-corrected chi connectivity index (χ3v) is 4.38. The minimum Gasteiger partial charge on any atom is -0.378 e. The topological polar surface area (TPSA) is 44.8 Å². The summed E-state index contributed by atoms with van der Waals surface area (Å²) in [6.45, 7) is 2.83. The van der Waals surface area contributed by atoms with Gasteiger partial charge in [-0.3, -0.25) is 4.79 Å². The Bertz CT molecular complexity index is 703. The van der Waals surface area contributed by atoms with Crippen LogP contribution in [0.15, 0.2) is 54.6 Å². The number of rotatable bonds is 5. The summed E-state index contributed by atoms with van der Waals surface area (Å²) in [6, 6.07) is 17.9. The number of amides is 1. The van der Waals surface area contributed by atoms with Crippen LogP contribution in [0.1, 0.15) is 10.4 Å². The fourth-order valence-electron chi connectivity index (χ4n) is 2.95. The smallest absolute Gasteiger partial charge is 0.251 e. The van der Waals surface area contributed by atoms with Crippen LogP contribution in [0.4, 0.5) is 11.4 Å². The lowest BCUT2D eigenvalue weighted by Crippen LogP contribution is -2.47. The number of ether oxygens (including phenoxy) is 1. The molecule has 1 aliphatic heterocycles. The predicted octanol–water partition coefficient (Wildman–Crippen LogP) is 2.39. The van der Waals surface area contributed by atoms with Gasteiger partial charge in [-0.05, 0) is 30.3 Å². The van der Waals surface area contributed by atoms with Crippen LogP contribution in [0.25, 0.3) is 0 Å². The highest BCUT2D eigenvalue weighted by molar-refractivity contribution is 5.95. The summed E-state index contributed by atoms with van der Waals surface area (Å²) in [7, 11) is 3.93. The number of carbonyl (C=O) groups is 1. The molecule has 0 spiro atoms. The third-order valence-electron chi connectivity index (χ3n) is 4.38. The Kier molecular flexibility index (Phi) is 5.56. The molecule has 1 heterocycles. The lowest BCUT2D eigenvalue weighted by atomic mass is 10.1. The molecule has 1 aliphatic rings. The molecule has 1 fully saturated rings. The summed E-state index contributed by atoms with van der Waals surface area (Å²) in [6.07, 6.45) is -0.00469. The second-order valence-electron chi connectivity index (χ2n) is 6.43. The molecule has 0 aromatic heterocycles. The fraction of sp³-hybridized carbons (Fsp3) is 0.350. The minimum absolute atomic E-state index is 0.00469. The van der Waals surface area contributed by atoms with Crippen molar-refractivity contribution < 1.29 is 9.53 Å². The van der Waals surface area contributed by atoms with E-state index >= 15 is 0 Å². The average Bonchev–Trinajstić information content (AvgIpc) is 2.67. The summed E-state index contributed by atoms with van der Waals surface area (Å²) >= 11 is 0. The number of carbonyl (C=O) groups excluding carboxylic acids is 1. The molecule has 25 heavy (non-hydrogen) atoms. The van der Waals surface area contributed by atoms with E-state index in [2.05, 4.69) is 22.3 Å². The van der Waals surface area contributed by atoms with Gasteiger partial charge in [-0.15, -0.1) is 0 Å². The van der Waals surface area contributed by atoms with Gasteiger partial charge >= 0.3 is 0 Å². The Morgan fingerprint density at radius 3 is 2.76 bits per heavy atom. The molecule has 2 aromatic carbocycles. The van der Waals surface area contributed by atoms with Crippen molar-refractivity contribution in [1.82, 2.24) is 5.32 Å². The van der Waals surface area contributed by atoms with Crippen LogP contribution >= 0.6 is 0 Å². The first-order valence-electron chi connectivity index (χ1n) is 8.60. The average molecular weight is 339 g/mol. The maximum absolute atomic E-state index is 12.4. The second-order valence-corrected chi connectivity index (χ2v) is 6.43. The Hall–Kier alpha value is -2.53. The van der Waals surface area contributed by atoms with E-state index in [1.54, 1.807) is 0 Å². The fourth-order valence-corrected chi connectivity index (χ4v) is 2.95. The van der Waals surface area contributed by atoms with Crippen molar-refractivity contribution in [2.24, 2.45) is 0 Å². The zero-order valence-electron chi connectivity index (χ0n) is 14.8. The van der Waals surface area contributed by atoms with Crippen molar-refractivity contribution >= 4 is 17.3 Å². The summed E-state index contributed by atoms with van der Waals surface area (Å²) in [5.74, 6) is -0.0656. The summed E-state index contributed by atoms with van der Waals surface area (Å²) in [4.78, 5) is 16.7. The van der Waals surface area contributed by atoms with Gasteiger partial charge in [0.15, 0.2) is 0 Å². The van der Waals surface area contributed by atoms with Gasteiger partial charge in [-0.2, -0.15) is 0 Å². The number of nitrogens with zero attached hydrogens (tertiary/aromatic N) is 2. The number of morpholine rings is 1. The largest absolute Gasteiger partial charge is 0.378 e. The summed E-state index contributed by atoms with van der Waals surface area (Å²) < 4.78 is 5.81. The van der Waals surface area contributed by atoms with E-state index in [4.69, 9.17) is 4.74 Å². The van der Waals surface area contributed by atoms with Gasteiger partial charge in [-0.1, -0.05) is 24.3 Å². The lowest BCUT2D eigenvalue weighted by Gasteiger charge is -2.34. The predicted molar refractivity (Wildman–Crippen MR) is 101 cm³/mol. The Morgan fingerprint density at radius 2 is 2.00 bits per heavy atom. The highest BCUT2D eigenvalue weighted by Gasteiger charge is 2.21. The molecular weight excluding hydrogens is 314 g/mol. The normalized spacial score (nSPS) is 17.2. The molecule has 1 saturated heterocycles.